The first-order valence-electron chi connectivity index (χ1n) is 8.46. The number of hydrogen-bond acceptors (Lipinski definition) is 2. The first-order chi connectivity index (χ1) is 13.0. The molecule has 2 amide bonds. The molecule has 3 aromatic rings. The number of carbonyl (C=O) groups excluding carboxylic acids is 2. The van der Waals surface area contributed by atoms with Crippen molar-refractivity contribution in [2.24, 2.45) is 0 Å². The Bertz CT molecular complexity index is 969. The minimum Gasteiger partial charge on any atom is -0.322 e. The molecule has 3 aromatic carbocycles. The molecule has 136 valence electrons. The average Bonchev–Trinajstić information content (AvgIpc) is 2.70. The van der Waals surface area contributed by atoms with E-state index in [-0.39, 0.29) is 11.8 Å². The topological polar surface area (TPSA) is 49.4 Å². The number of rotatable bonds is 4. The quantitative estimate of drug-likeness (QED) is 0.680. The molecule has 0 atom stereocenters. The zero-order valence-corrected chi connectivity index (χ0v) is 15.8. The van der Waals surface area contributed by atoms with Gasteiger partial charge in [0.1, 0.15) is 0 Å². The summed E-state index contributed by atoms with van der Waals surface area (Å²) in [5.41, 5.74) is 3.37. The lowest BCUT2D eigenvalue weighted by Gasteiger charge is -2.17. The molecule has 0 saturated heterocycles. The summed E-state index contributed by atoms with van der Waals surface area (Å²) in [4.78, 5) is 26.6. The Morgan fingerprint density at radius 2 is 1.52 bits per heavy atom. The molecule has 0 aliphatic carbocycles. The van der Waals surface area contributed by atoms with Crippen LogP contribution in [0.15, 0.2) is 72.8 Å². The minimum absolute atomic E-state index is 0.140. The fraction of sp³-hybridized carbons (Fsp3) is 0.0909. The Kier molecular flexibility index (Phi) is 5.57. The molecule has 4 nitrogen and oxygen atoms in total. The molecule has 0 fully saturated rings. The molecule has 27 heavy (non-hydrogen) atoms. The fourth-order valence-electron chi connectivity index (χ4n) is 2.65. The summed E-state index contributed by atoms with van der Waals surface area (Å²) >= 11 is 5.99. The van der Waals surface area contributed by atoms with E-state index in [9.17, 15) is 9.59 Å². The number of carbonyl (C=O) groups is 2. The smallest absolute Gasteiger partial charge is 0.258 e. The summed E-state index contributed by atoms with van der Waals surface area (Å²) in [6.07, 6.45) is 0. The molecular formula is C22H19ClN2O2. The Balaban J connectivity index is 1.74. The van der Waals surface area contributed by atoms with Crippen LogP contribution in [0, 0.1) is 6.92 Å². The van der Waals surface area contributed by atoms with Crippen LogP contribution in [0.2, 0.25) is 5.02 Å². The lowest BCUT2D eigenvalue weighted by atomic mass is 10.1. The van der Waals surface area contributed by atoms with Gasteiger partial charge in [0, 0.05) is 34.6 Å². The standard InChI is InChI=1S/C22H19ClN2O2/c1-15-8-13-18(23)14-20(15)24-21(26)16-9-11-17(12-10-16)22(27)25(2)19-6-4-3-5-7-19/h3-14H,1-2H3,(H,24,26). The summed E-state index contributed by atoms with van der Waals surface area (Å²) < 4.78 is 0. The normalized spacial score (nSPS) is 10.3. The summed E-state index contributed by atoms with van der Waals surface area (Å²) in [5.74, 6) is -0.394. The van der Waals surface area contributed by atoms with Crippen LogP contribution in [0.3, 0.4) is 0 Å². The van der Waals surface area contributed by atoms with E-state index >= 15 is 0 Å². The third kappa shape index (κ3) is 4.36. The predicted octanol–water partition coefficient (Wildman–Crippen LogP) is 5.18. The van der Waals surface area contributed by atoms with Crippen molar-refractivity contribution in [2.75, 3.05) is 17.3 Å². The number of hydrogen-bond donors (Lipinski definition) is 1. The molecule has 0 unspecified atom stereocenters. The van der Waals surface area contributed by atoms with Gasteiger partial charge in [0.15, 0.2) is 0 Å². The van der Waals surface area contributed by atoms with E-state index in [4.69, 9.17) is 11.6 Å². The molecule has 0 aliphatic heterocycles. The fourth-order valence-corrected chi connectivity index (χ4v) is 2.82. The molecule has 0 bridgehead atoms. The van der Waals surface area contributed by atoms with Gasteiger partial charge in [-0.3, -0.25) is 9.59 Å². The molecule has 1 N–H and O–H groups in total. The highest BCUT2D eigenvalue weighted by Crippen LogP contribution is 2.21. The number of amides is 2. The van der Waals surface area contributed by atoms with E-state index in [1.807, 2.05) is 43.3 Å². The molecule has 0 heterocycles. The second-order valence-electron chi connectivity index (χ2n) is 6.19. The van der Waals surface area contributed by atoms with Gasteiger partial charge in [-0.15, -0.1) is 0 Å². The maximum Gasteiger partial charge on any atom is 0.258 e. The minimum atomic E-state index is -0.254. The van der Waals surface area contributed by atoms with Gasteiger partial charge in [-0.05, 0) is 61.0 Å². The zero-order chi connectivity index (χ0) is 19.4. The van der Waals surface area contributed by atoms with E-state index in [0.717, 1.165) is 11.3 Å². The highest BCUT2D eigenvalue weighted by atomic mass is 35.5. The molecule has 0 aliphatic rings. The Hall–Kier alpha value is -3.11. The largest absolute Gasteiger partial charge is 0.322 e. The van der Waals surface area contributed by atoms with Crippen LogP contribution in [0.5, 0.6) is 0 Å². The second kappa shape index (κ2) is 8.06. The van der Waals surface area contributed by atoms with Gasteiger partial charge in [-0.25, -0.2) is 0 Å². The first-order valence-corrected chi connectivity index (χ1v) is 8.84. The van der Waals surface area contributed by atoms with E-state index in [0.29, 0.717) is 21.8 Å². The van der Waals surface area contributed by atoms with Gasteiger partial charge in [0.25, 0.3) is 11.8 Å². The highest BCUT2D eigenvalue weighted by Gasteiger charge is 2.14. The van der Waals surface area contributed by atoms with Crippen molar-refractivity contribution in [3.8, 4) is 0 Å². The van der Waals surface area contributed by atoms with Gasteiger partial charge in [0.05, 0.1) is 0 Å². The maximum absolute atomic E-state index is 12.6. The number of nitrogens with zero attached hydrogens (tertiary/aromatic N) is 1. The number of halogens is 1. The van der Waals surface area contributed by atoms with E-state index in [2.05, 4.69) is 5.32 Å². The summed E-state index contributed by atoms with van der Waals surface area (Å²) in [6, 6.07) is 21.3. The first kappa shape index (κ1) is 18.7. The number of para-hydroxylation sites is 1. The van der Waals surface area contributed by atoms with E-state index < -0.39 is 0 Å². The highest BCUT2D eigenvalue weighted by molar-refractivity contribution is 6.31. The summed E-state index contributed by atoms with van der Waals surface area (Å²) in [5, 5.41) is 3.40. The molecule has 3 rings (SSSR count). The second-order valence-corrected chi connectivity index (χ2v) is 6.63. The Morgan fingerprint density at radius 1 is 0.889 bits per heavy atom. The van der Waals surface area contributed by atoms with Gasteiger partial charge in [-0.2, -0.15) is 0 Å². The van der Waals surface area contributed by atoms with Crippen molar-refractivity contribution in [1.29, 1.82) is 0 Å². The molecule has 5 heteroatoms. The zero-order valence-electron chi connectivity index (χ0n) is 15.1. The number of benzene rings is 3. The van der Waals surface area contributed by atoms with Crippen molar-refractivity contribution in [2.45, 2.75) is 6.92 Å². The van der Waals surface area contributed by atoms with Crippen LogP contribution < -0.4 is 10.2 Å². The molecule has 0 spiro atoms. The molecule has 0 saturated carbocycles. The Morgan fingerprint density at radius 3 is 2.19 bits per heavy atom. The third-order valence-corrected chi connectivity index (χ3v) is 4.53. The monoisotopic (exact) mass is 378 g/mol. The lowest BCUT2D eigenvalue weighted by molar-refractivity contribution is 0.0989. The lowest BCUT2D eigenvalue weighted by Crippen LogP contribution is -2.26. The van der Waals surface area contributed by atoms with Crippen LogP contribution in [-0.2, 0) is 0 Å². The van der Waals surface area contributed by atoms with Gasteiger partial charge in [-0.1, -0.05) is 35.9 Å². The summed E-state index contributed by atoms with van der Waals surface area (Å²) in [7, 11) is 1.72. The predicted molar refractivity (Wildman–Crippen MR) is 110 cm³/mol. The molecule has 0 aromatic heterocycles. The number of anilines is 2. The van der Waals surface area contributed by atoms with E-state index in [1.54, 1.807) is 48.3 Å². The van der Waals surface area contributed by atoms with Crippen LogP contribution in [-0.4, -0.2) is 18.9 Å². The van der Waals surface area contributed by atoms with Gasteiger partial charge < -0.3 is 10.2 Å². The van der Waals surface area contributed by atoms with E-state index in [1.165, 1.54) is 0 Å². The molecular weight excluding hydrogens is 360 g/mol. The number of nitrogens with one attached hydrogen (secondary N) is 1. The van der Waals surface area contributed by atoms with Gasteiger partial charge >= 0.3 is 0 Å². The van der Waals surface area contributed by atoms with Crippen molar-refractivity contribution in [3.63, 3.8) is 0 Å². The van der Waals surface area contributed by atoms with Crippen molar-refractivity contribution < 1.29 is 9.59 Å². The summed E-state index contributed by atoms with van der Waals surface area (Å²) in [6.45, 7) is 1.90. The van der Waals surface area contributed by atoms with Crippen LogP contribution in [0.4, 0.5) is 11.4 Å². The van der Waals surface area contributed by atoms with Crippen LogP contribution in [0.1, 0.15) is 26.3 Å². The van der Waals surface area contributed by atoms with Crippen molar-refractivity contribution >= 4 is 34.8 Å². The SMILES string of the molecule is Cc1ccc(Cl)cc1NC(=O)c1ccc(C(=O)N(C)c2ccccc2)cc1. The van der Waals surface area contributed by atoms with Crippen LogP contribution in [0.25, 0.3) is 0 Å². The number of aryl methyl sites for hydroxylation is 1. The average molecular weight is 379 g/mol. The third-order valence-electron chi connectivity index (χ3n) is 4.29. The van der Waals surface area contributed by atoms with Crippen molar-refractivity contribution in [3.05, 3.63) is 94.5 Å². The molecule has 0 radical (unpaired) electrons. The van der Waals surface area contributed by atoms with Crippen molar-refractivity contribution in [1.82, 2.24) is 0 Å². The Labute approximate surface area is 163 Å². The van der Waals surface area contributed by atoms with Gasteiger partial charge in [0.2, 0.25) is 0 Å². The van der Waals surface area contributed by atoms with Crippen LogP contribution >= 0.6 is 11.6 Å². The maximum atomic E-state index is 12.6.